The third-order valence-corrected chi connectivity index (χ3v) is 1.85. The maximum Gasteiger partial charge on any atom is 0.143 e. The van der Waals surface area contributed by atoms with Crippen molar-refractivity contribution in [1.82, 2.24) is 5.32 Å². The predicted octanol–water partition coefficient (Wildman–Crippen LogP) is 0.320. The minimum Gasteiger partial charge on any atom is -0.316 e. The molecule has 1 N–H and O–H groups in total. The van der Waals surface area contributed by atoms with Crippen molar-refractivity contribution in [1.29, 1.82) is 0 Å². The Bertz CT molecular complexity index is 233. The Morgan fingerprint density at radius 2 is 2.17 bits per heavy atom. The summed E-state index contributed by atoms with van der Waals surface area (Å²) in [5.74, 6) is 0.121. The Balaban J connectivity index is 3.94. The highest BCUT2D eigenvalue weighted by atomic mass is 32.2. The Morgan fingerprint density at radius 3 is 2.58 bits per heavy atom. The number of hydrogen-bond donors (Lipinski definition) is 2. The summed E-state index contributed by atoms with van der Waals surface area (Å²) in [5.41, 5.74) is 1.09. The maximum absolute atomic E-state index is 10.2. The smallest absolute Gasteiger partial charge is 0.143 e. The average Bonchev–Trinajstić information content (AvgIpc) is 2.02. The third kappa shape index (κ3) is 6.12. The van der Waals surface area contributed by atoms with E-state index in [0.29, 0.717) is 0 Å². The molecule has 0 bridgehead atoms. The zero-order valence-corrected chi connectivity index (χ0v) is 8.30. The average molecular weight is 189 g/mol. The zero-order chi connectivity index (χ0) is 9.40. The highest BCUT2D eigenvalue weighted by molar-refractivity contribution is 7.72. The standard InChI is InChI=1S/C8H15NO2S/c1-3-8(7-9-2)5-4-6-12(10)11/h3-5,9,12H,6-7H2,1-2H3/b5-4-,8-3+. The summed E-state index contributed by atoms with van der Waals surface area (Å²) in [5, 5.41) is 2.99. The van der Waals surface area contributed by atoms with Crippen LogP contribution in [0.2, 0.25) is 0 Å². The van der Waals surface area contributed by atoms with Gasteiger partial charge in [-0.05, 0) is 19.5 Å². The van der Waals surface area contributed by atoms with Crippen LogP contribution < -0.4 is 5.32 Å². The van der Waals surface area contributed by atoms with E-state index in [1.54, 1.807) is 6.08 Å². The Kier molecular flexibility index (Phi) is 6.70. The van der Waals surface area contributed by atoms with Gasteiger partial charge in [0.25, 0.3) is 0 Å². The summed E-state index contributed by atoms with van der Waals surface area (Å²) < 4.78 is 20.4. The van der Waals surface area contributed by atoms with Crippen LogP contribution in [0.3, 0.4) is 0 Å². The Hall–Kier alpha value is -0.610. The van der Waals surface area contributed by atoms with Crippen LogP contribution in [-0.2, 0) is 10.7 Å². The second-order valence-corrected chi connectivity index (χ2v) is 3.34. The first-order chi connectivity index (χ1) is 5.70. The van der Waals surface area contributed by atoms with Gasteiger partial charge < -0.3 is 5.32 Å². The summed E-state index contributed by atoms with van der Waals surface area (Å²) in [7, 11) is -0.427. The lowest BCUT2D eigenvalue weighted by Gasteiger charge is -1.97. The van der Waals surface area contributed by atoms with Gasteiger partial charge in [-0.2, -0.15) is 0 Å². The van der Waals surface area contributed by atoms with Crippen molar-refractivity contribution in [3.63, 3.8) is 0 Å². The van der Waals surface area contributed by atoms with Crippen LogP contribution in [0.15, 0.2) is 23.8 Å². The molecule has 0 amide bonds. The fourth-order valence-electron chi connectivity index (χ4n) is 0.751. The maximum atomic E-state index is 10.2. The van der Waals surface area contributed by atoms with E-state index in [-0.39, 0.29) is 5.75 Å². The van der Waals surface area contributed by atoms with Crippen molar-refractivity contribution in [2.45, 2.75) is 6.92 Å². The van der Waals surface area contributed by atoms with Crippen LogP contribution >= 0.6 is 0 Å². The van der Waals surface area contributed by atoms with Gasteiger partial charge >= 0.3 is 0 Å². The van der Waals surface area contributed by atoms with Crippen molar-refractivity contribution in [2.75, 3.05) is 19.3 Å². The molecule has 0 atom stereocenters. The van der Waals surface area contributed by atoms with E-state index < -0.39 is 10.7 Å². The number of thiol groups is 1. The van der Waals surface area contributed by atoms with E-state index in [0.717, 1.165) is 12.1 Å². The summed E-state index contributed by atoms with van der Waals surface area (Å²) in [6.07, 6.45) is 5.42. The quantitative estimate of drug-likeness (QED) is 0.483. The molecule has 4 heteroatoms. The summed E-state index contributed by atoms with van der Waals surface area (Å²) in [6.45, 7) is 2.69. The molecule has 0 saturated carbocycles. The first kappa shape index (κ1) is 11.4. The Labute approximate surface area is 75.1 Å². The molecule has 0 aliphatic carbocycles. The monoisotopic (exact) mass is 189 g/mol. The van der Waals surface area contributed by atoms with Gasteiger partial charge in [0, 0.05) is 6.54 Å². The minimum atomic E-state index is -2.28. The fraction of sp³-hybridized carbons (Fsp3) is 0.500. The van der Waals surface area contributed by atoms with Crippen LogP contribution in [0.1, 0.15) is 6.92 Å². The van der Waals surface area contributed by atoms with E-state index in [4.69, 9.17) is 0 Å². The van der Waals surface area contributed by atoms with Crippen LogP contribution in [-0.4, -0.2) is 27.8 Å². The van der Waals surface area contributed by atoms with Crippen LogP contribution in [0.25, 0.3) is 0 Å². The molecule has 0 unspecified atom stereocenters. The van der Waals surface area contributed by atoms with Crippen LogP contribution in [0, 0.1) is 0 Å². The number of allylic oxidation sites excluding steroid dienone is 1. The van der Waals surface area contributed by atoms with Gasteiger partial charge in [-0.3, -0.25) is 0 Å². The zero-order valence-electron chi connectivity index (χ0n) is 7.41. The SMILES string of the molecule is C/C=C(\C=C/C[SH](=O)=O)CNC. The third-order valence-electron chi connectivity index (χ3n) is 1.34. The van der Waals surface area contributed by atoms with Crippen molar-refractivity contribution in [2.24, 2.45) is 0 Å². The molecular formula is C8H15NO2S. The van der Waals surface area contributed by atoms with Gasteiger partial charge in [0.2, 0.25) is 0 Å². The van der Waals surface area contributed by atoms with Gasteiger partial charge in [0.15, 0.2) is 0 Å². The van der Waals surface area contributed by atoms with E-state index in [2.05, 4.69) is 5.32 Å². The lowest BCUT2D eigenvalue weighted by Crippen LogP contribution is -2.08. The lowest BCUT2D eigenvalue weighted by molar-refractivity contribution is 0.617. The molecule has 0 aromatic heterocycles. The van der Waals surface area contributed by atoms with Gasteiger partial charge in [0.1, 0.15) is 10.7 Å². The molecule has 0 heterocycles. The fourth-order valence-corrected chi connectivity index (χ4v) is 1.03. The molecule has 0 aromatic carbocycles. The first-order valence-electron chi connectivity index (χ1n) is 3.78. The molecule has 0 radical (unpaired) electrons. The second-order valence-electron chi connectivity index (χ2n) is 2.31. The molecule has 70 valence electrons. The summed E-state index contributed by atoms with van der Waals surface area (Å²) in [4.78, 5) is 0. The van der Waals surface area contributed by atoms with E-state index in [1.165, 1.54) is 0 Å². The largest absolute Gasteiger partial charge is 0.316 e. The van der Waals surface area contributed by atoms with E-state index in [1.807, 2.05) is 26.1 Å². The number of likely N-dealkylation sites (N-methyl/N-ethyl adjacent to an activating group) is 1. The highest BCUT2D eigenvalue weighted by Crippen LogP contribution is 1.93. The Morgan fingerprint density at radius 1 is 1.50 bits per heavy atom. The topological polar surface area (TPSA) is 46.2 Å². The van der Waals surface area contributed by atoms with Crippen LogP contribution in [0.5, 0.6) is 0 Å². The lowest BCUT2D eigenvalue weighted by atomic mass is 10.2. The highest BCUT2D eigenvalue weighted by Gasteiger charge is 1.86. The summed E-state index contributed by atoms with van der Waals surface area (Å²) in [6, 6.07) is 0. The second kappa shape index (κ2) is 7.06. The molecule has 0 saturated heterocycles. The molecule has 0 rings (SSSR count). The van der Waals surface area contributed by atoms with E-state index in [9.17, 15) is 8.42 Å². The van der Waals surface area contributed by atoms with Gasteiger partial charge in [0.05, 0.1) is 5.75 Å². The normalized spacial score (nSPS) is 13.1. The number of rotatable bonds is 5. The van der Waals surface area contributed by atoms with Crippen molar-refractivity contribution in [3.05, 3.63) is 23.8 Å². The van der Waals surface area contributed by atoms with Crippen molar-refractivity contribution >= 4 is 10.7 Å². The van der Waals surface area contributed by atoms with Gasteiger partial charge in [-0.25, -0.2) is 8.42 Å². The first-order valence-corrected chi connectivity index (χ1v) is 5.15. The predicted molar refractivity (Wildman–Crippen MR) is 52.0 cm³/mol. The van der Waals surface area contributed by atoms with Crippen molar-refractivity contribution in [3.8, 4) is 0 Å². The number of hydrogen-bond acceptors (Lipinski definition) is 3. The molecule has 0 spiro atoms. The van der Waals surface area contributed by atoms with Crippen LogP contribution in [0.4, 0.5) is 0 Å². The molecule has 3 nitrogen and oxygen atoms in total. The number of nitrogens with one attached hydrogen (secondary N) is 1. The molecule has 0 aliphatic rings. The molecule has 0 fully saturated rings. The van der Waals surface area contributed by atoms with Crippen molar-refractivity contribution < 1.29 is 8.42 Å². The van der Waals surface area contributed by atoms with E-state index >= 15 is 0 Å². The molecule has 0 aromatic rings. The molecular weight excluding hydrogens is 174 g/mol. The minimum absolute atomic E-state index is 0.121. The molecule has 12 heavy (non-hydrogen) atoms. The van der Waals surface area contributed by atoms with Gasteiger partial charge in [-0.1, -0.05) is 18.2 Å². The molecule has 0 aliphatic heterocycles. The van der Waals surface area contributed by atoms with Gasteiger partial charge in [-0.15, -0.1) is 0 Å². The summed E-state index contributed by atoms with van der Waals surface area (Å²) >= 11 is 0.